The van der Waals surface area contributed by atoms with Crippen LogP contribution in [0.5, 0.6) is 0 Å². The number of carbonyl (C=O) groups is 2. The molecule has 0 aliphatic carbocycles. The Kier molecular flexibility index (Phi) is 6.08. The maximum atomic E-state index is 12.4. The summed E-state index contributed by atoms with van der Waals surface area (Å²) in [5.74, 6) is -0.867. The predicted octanol–water partition coefficient (Wildman–Crippen LogP) is 1.12. The number of likely N-dealkylation sites (tertiary alicyclic amines) is 1. The van der Waals surface area contributed by atoms with Crippen LogP contribution in [-0.2, 0) is 9.53 Å². The quantitative estimate of drug-likeness (QED) is 0.786. The molecule has 1 N–H and O–H groups in total. The maximum Gasteiger partial charge on any atom is 0.320 e. The lowest BCUT2D eigenvalue weighted by Crippen LogP contribution is -2.45. The zero-order chi connectivity index (χ0) is 14.4. The van der Waals surface area contributed by atoms with Gasteiger partial charge in [-0.15, -0.1) is 0 Å². The van der Waals surface area contributed by atoms with Gasteiger partial charge in [0, 0.05) is 33.3 Å². The highest BCUT2D eigenvalue weighted by molar-refractivity contribution is 5.77. The second kappa shape index (κ2) is 7.33. The molecule has 1 rings (SSSR count). The molecule has 1 unspecified atom stereocenters. The number of hydrogen-bond acceptors (Lipinski definition) is 3. The van der Waals surface area contributed by atoms with Gasteiger partial charge in [-0.25, -0.2) is 4.79 Å². The van der Waals surface area contributed by atoms with E-state index in [1.54, 1.807) is 16.9 Å². The number of aliphatic carboxylic acids is 1. The third-order valence-corrected chi connectivity index (χ3v) is 3.23. The van der Waals surface area contributed by atoms with Crippen molar-refractivity contribution in [2.24, 2.45) is 11.8 Å². The van der Waals surface area contributed by atoms with Gasteiger partial charge in [-0.1, -0.05) is 13.8 Å². The Balaban J connectivity index is 2.58. The van der Waals surface area contributed by atoms with Crippen molar-refractivity contribution >= 4 is 12.0 Å². The van der Waals surface area contributed by atoms with E-state index in [0.29, 0.717) is 45.1 Å². The first-order valence-electron chi connectivity index (χ1n) is 6.71. The summed E-state index contributed by atoms with van der Waals surface area (Å²) in [7, 11) is 1.61. The summed E-state index contributed by atoms with van der Waals surface area (Å²) >= 11 is 0. The van der Waals surface area contributed by atoms with Gasteiger partial charge in [-0.2, -0.15) is 0 Å². The van der Waals surface area contributed by atoms with E-state index in [0.717, 1.165) is 0 Å². The number of hydrogen-bond donors (Lipinski definition) is 1. The number of urea groups is 1. The average molecular weight is 272 g/mol. The summed E-state index contributed by atoms with van der Waals surface area (Å²) in [4.78, 5) is 26.7. The van der Waals surface area contributed by atoms with Crippen LogP contribution in [0.15, 0.2) is 0 Å². The fourth-order valence-corrected chi connectivity index (χ4v) is 2.24. The van der Waals surface area contributed by atoms with Crippen LogP contribution >= 0.6 is 0 Å². The van der Waals surface area contributed by atoms with Gasteiger partial charge in [-0.05, 0) is 12.3 Å². The Bertz CT molecular complexity index is 320. The highest BCUT2D eigenvalue weighted by atomic mass is 16.5. The fraction of sp³-hybridized carbons (Fsp3) is 0.846. The van der Waals surface area contributed by atoms with Gasteiger partial charge in [0.25, 0.3) is 0 Å². The molecule has 6 nitrogen and oxygen atoms in total. The van der Waals surface area contributed by atoms with E-state index in [9.17, 15) is 9.59 Å². The molecule has 19 heavy (non-hydrogen) atoms. The monoisotopic (exact) mass is 272 g/mol. The highest BCUT2D eigenvalue weighted by Gasteiger charge is 2.32. The van der Waals surface area contributed by atoms with Crippen molar-refractivity contribution in [1.82, 2.24) is 9.80 Å². The van der Waals surface area contributed by atoms with Crippen molar-refractivity contribution in [3.8, 4) is 0 Å². The first kappa shape index (κ1) is 15.8. The summed E-state index contributed by atoms with van der Waals surface area (Å²) < 4.78 is 5.02. The summed E-state index contributed by atoms with van der Waals surface area (Å²) in [6.45, 7) is 6.65. The largest absolute Gasteiger partial charge is 0.481 e. The first-order valence-corrected chi connectivity index (χ1v) is 6.71. The minimum Gasteiger partial charge on any atom is -0.481 e. The molecule has 0 radical (unpaired) electrons. The van der Waals surface area contributed by atoms with Gasteiger partial charge in [0.15, 0.2) is 0 Å². The van der Waals surface area contributed by atoms with Crippen LogP contribution in [0.4, 0.5) is 4.79 Å². The molecular weight excluding hydrogens is 248 g/mol. The molecule has 1 fully saturated rings. The smallest absolute Gasteiger partial charge is 0.320 e. The molecule has 1 heterocycles. The fourth-order valence-electron chi connectivity index (χ4n) is 2.24. The Labute approximate surface area is 114 Å². The number of carboxylic acids is 1. The van der Waals surface area contributed by atoms with Crippen molar-refractivity contribution in [1.29, 1.82) is 0 Å². The number of ether oxygens (including phenoxy) is 1. The molecule has 2 amide bonds. The molecule has 1 aliphatic heterocycles. The minimum absolute atomic E-state index is 0.0745. The van der Waals surface area contributed by atoms with E-state index >= 15 is 0 Å². The molecule has 0 aromatic heterocycles. The van der Waals surface area contributed by atoms with Crippen LogP contribution in [0.3, 0.4) is 0 Å². The van der Waals surface area contributed by atoms with Crippen molar-refractivity contribution in [2.45, 2.75) is 20.3 Å². The van der Waals surface area contributed by atoms with E-state index < -0.39 is 11.9 Å². The lowest BCUT2D eigenvalue weighted by molar-refractivity contribution is -0.141. The van der Waals surface area contributed by atoms with E-state index in [1.807, 2.05) is 0 Å². The Hall–Kier alpha value is -1.30. The van der Waals surface area contributed by atoms with Crippen LogP contribution in [-0.4, -0.2) is 66.8 Å². The van der Waals surface area contributed by atoms with Gasteiger partial charge >= 0.3 is 12.0 Å². The SMILES string of the molecule is COCCN(CC(C)C)C(=O)N1CCC(C(=O)O)C1. The van der Waals surface area contributed by atoms with Gasteiger partial charge in [0.2, 0.25) is 0 Å². The van der Waals surface area contributed by atoms with Crippen LogP contribution in [0.25, 0.3) is 0 Å². The minimum atomic E-state index is -0.817. The first-order chi connectivity index (χ1) is 8.95. The lowest BCUT2D eigenvalue weighted by atomic mass is 10.1. The highest BCUT2D eigenvalue weighted by Crippen LogP contribution is 2.18. The molecule has 0 aromatic rings. The van der Waals surface area contributed by atoms with Crippen LogP contribution in [0.2, 0.25) is 0 Å². The summed E-state index contributed by atoms with van der Waals surface area (Å²) in [5, 5.41) is 8.97. The second-order valence-electron chi connectivity index (χ2n) is 5.39. The number of carbonyl (C=O) groups excluding carboxylic acids is 1. The summed E-state index contributed by atoms with van der Waals surface area (Å²) in [6.07, 6.45) is 0.543. The van der Waals surface area contributed by atoms with Crippen molar-refractivity contribution < 1.29 is 19.4 Å². The van der Waals surface area contributed by atoms with Gasteiger partial charge in [0.1, 0.15) is 0 Å². The molecule has 0 bridgehead atoms. The van der Waals surface area contributed by atoms with Gasteiger partial charge in [-0.3, -0.25) is 4.79 Å². The number of carboxylic acid groups (broad SMARTS) is 1. The number of rotatable bonds is 6. The molecular formula is C13H24N2O4. The van der Waals surface area contributed by atoms with Gasteiger partial charge in [0.05, 0.1) is 12.5 Å². The zero-order valence-electron chi connectivity index (χ0n) is 12.0. The molecule has 1 saturated heterocycles. The second-order valence-corrected chi connectivity index (χ2v) is 5.39. The molecule has 6 heteroatoms. The third kappa shape index (κ3) is 4.70. The topological polar surface area (TPSA) is 70.1 Å². The summed E-state index contributed by atoms with van der Waals surface area (Å²) in [6, 6.07) is -0.0745. The van der Waals surface area contributed by atoms with Crippen LogP contribution in [0.1, 0.15) is 20.3 Å². The summed E-state index contributed by atoms with van der Waals surface area (Å²) in [5.41, 5.74) is 0. The van der Waals surface area contributed by atoms with E-state index in [4.69, 9.17) is 9.84 Å². The van der Waals surface area contributed by atoms with E-state index in [1.165, 1.54) is 0 Å². The van der Waals surface area contributed by atoms with Crippen molar-refractivity contribution in [3.63, 3.8) is 0 Å². The molecule has 0 spiro atoms. The van der Waals surface area contributed by atoms with Crippen LogP contribution in [0, 0.1) is 11.8 Å². The standard InChI is InChI=1S/C13H24N2O4/c1-10(2)8-15(6-7-19-3)13(18)14-5-4-11(9-14)12(16)17/h10-11H,4-9H2,1-3H3,(H,16,17). The molecule has 1 aliphatic rings. The van der Waals surface area contributed by atoms with Gasteiger partial charge < -0.3 is 19.6 Å². The third-order valence-electron chi connectivity index (χ3n) is 3.23. The number of methoxy groups -OCH3 is 1. The molecule has 0 aromatic carbocycles. The molecule has 1 atom stereocenters. The Morgan fingerprint density at radius 2 is 2.16 bits per heavy atom. The Morgan fingerprint density at radius 3 is 2.63 bits per heavy atom. The normalized spacial score (nSPS) is 18.9. The van der Waals surface area contributed by atoms with E-state index in [-0.39, 0.29) is 6.03 Å². The number of amides is 2. The molecule has 110 valence electrons. The molecule has 0 saturated carbocycles. The van der Waals surface area contributed by atoms with Crippen molar-refractivity contribution in [3.05, 3.63) is 0 Å². The predicted molar refractivity (Wildman–Crippen MR) is 71.0 cm³/mol. The van der Waals surface area contributed by atoms with E-state index in [2.05, 4.69) is 13.8 Å². The maximum absolute atomic E-state index is 12.4. The number of nitrogens with zero attached hydrogens (tertiary/aromatic N) is 2. The zero-order valence-corrected chi connectivity index (χ0v) is 12.0. The van der Waals surface area contributed by atoms with Crippen molar-refractivity contribution in [2.75, 3.05) is 39.9 Å². The Morgan fingerprint density at radius 1 is 1.47 bits per heavy atom. The lowest BCUT2D eigenvalue weighted by Gasteiger charge is -2.29. The van der Waals surface area contributed by atoms with Crippen LogP contribution < -0.4 is 0 Å². The average Bonchev–Trinajstić information content (AvgIpc) is 2.82.